The lowest BCUT2D eigenvalue weighted by Gasteiger charge is -2.19. The number of carbonyl (C=O) groups excluding carboxylic acids is 1. The van der Waals surface area contributed by atoms with Gasteiger partial charge >= 0.3 is 0 Å². The van der Waals surface area contributed by atoms with Crippen LogP contribution in [-0.2, 0) is 21.2 Å². The molecule has 3 rings (SSSR count). The van der Waals surface area contributed by atoms with Gasteiger partial charge in [-0.25, -0.2) is 8.42 Å². The second-order valence-electron chi connectivity index (χ2n) is 7.68. The summed E-state index contributed by atoms with van der Waals surface area (Å²) in [6, 6.07) is 18.0. The van der Waals surface area contributed by atoms with Gasteiger partial charge in [-0.15, -0.1) is 0 Å². The van der Waals surface area contributed by atoms with Gasteiger partial charge in [-0.2, -0.15) is 4.72 Å². The van der Waals surface area contributed by atoms with Gasteiger partial charge in [0.15, 0.2) is 0 Å². The average molecular weight is 487 g/mol. The molecule has 0 fully saturated rings. The maximum absolute atomic E-state index is 13.2. The summed E-state index contributed by atoms with van der Waals surface area (Å²) in [6.45, 7) is 5.98. The van der Waals surface area contributed by atoms with E-state index in [4.69, 9.17) is 16.3 Å². The van der Waals surface area contributed by atoms with Crippen molar-refractivity contribution in [2.45, 2.75) is 38.1 Å². The predicted octanol–water partition coefficient (Wildman–Crippen LogP) is 4.88. The monoisotopic (exact) mass is 486 g/mol. The highest BCUT2D eigenvalue weighted by molar-refractivity contribution is 7.89. The molecular formula is C25H27ClN2O4S. The highest BCUT2D eigenvalue weighted by Gasteiger charge is 2.27. The molecule has 1 amide bonds. The third kappa shape index (κ3) is 6.57. The number of halogens is 1. The molecule has 3 aromatic carbocycles. The molecule has 6 nitrogen and oxygen atoms in total. The number of hydrogen-bond donors (Lipinski definition) is 2. The molecule has 8 heteroatoms. The molecule has 0 aromatic heterocycles. The number of ether oxygens (including phenoxy) is 1. The minimum Gasteiger partial charge on any atom is -0.494 e. The summed E-state index contributed by atoms with van der Waals surface area (Å²) >= 11 is 6.17. The standard InChI is InChI=1S/C25H27ClN2O4S/c1-4-32-24-13-12-21(14-18(24)3)33(30,31)28-23(15-19-8-6-5-7-9-19)25(29)27-20-11-10-17(2)22(26)16-20/h5-14,16,23,28H,4,15H2,1-3H3,(H,27,29)/t23-/m0/s1. The fraction of sp³-hybridized carbons (Fsp3) is 0.240. The van der Waals surface area contributed by atoms with Crippen LogP contribution >= 0.6 is 11.6 Å². The summed E-state index contributed by atoms with van der Waals surface area (Å²) in [5.41, 5.74) is 2.88. The van der Waals surface area contributed by atoms with E-state index in [1.807, 2.05) is 44.2 Å². The second-order valence-corrected chi connectivity index (χ2v) is 9.80. The van der Waals surface area contributed by atoms with Crippen LogP contribution in [-0.4, -0.2) is 27.0 Å². The molecule has 0 saturated carbocycles. The second kappa shape index (κ2) is 10.8. The van der Waals surface area contributed by atoms with Crippen molar-refractivity contribution in [3.8, 4) is 5.75 Å². The SMILES string of the molecule is CCOc1ccc(S(=O)(=O)N[C@@H](Cc2ccccc2)C(=O)Nc2ccc(C)c(Cl)c2)cc1C. The zero-order valence-electron chi connectivity index (χ0n) is 18.8. The third-order valence-corrected chi connectivity index (χ3v) is 6.97. The van der Waals surface area contributed by atoms with E-state index >= 15 is 0 Å². The molecule has 1 atom stereocenters. The van der Waals surface area contributed by atoms with E-state index in [1.54, 1.807) is 31.2 Å². The van der Waals surface area contributed by atoms with Crippen molar-refractivity contribution < 1.29 is 17.9 Å². The maximum Gasteiger partial charge on any atom is 0.242 e. The largest absolute Gasteiger partial charge is 0.494 e. The fourth-order valence-corrected chi connectivity index (χ4v) is 4.76. The number of anilines is 1. The zero-order valence-corrected chi connectivity index (χ0v) is 20.3. The Morgan fingerprint density at radius 1 is 1.00 bits per heavy atom. The Morgan fingerprint density at radius 2 is 1.73 bits per heavy atom. The molecule has 2 N–H and O–H groups in total. The topological polar surface area (TPSA) is 84.5 Å². The van der Waals surface area contributed by atoms with Crippen LogP contribution in [0.15, 0.2) is 71.6 Å². The molecule has 174 valence electrons. The molecule has 0 bridgehead atoms. The molecule has 0 radical (unpaired) electrons. The Kier molecular flexibility index (Phi) is 8.13. The first-order valence-corrected chi connectivity index (χ1v) is 12.4. The van der Waals surface area contributed by atoms with Crippen molar-refractivity contribution in [3.63, 3.8) is 0 Å². The van der Waals surface area contributed by atoms with Crippen LogP contribution in [0, 0.1) is 13.8 Å². The Bertz CT molecular complexity index is 1230. The third-order valence-electron chi connectivity index (χ3n) is 5.09. The van der Waals surface area contributed by atoms with Gasteiger partial charge in [-0.3, -0.25) is 4.79 Å². The molecule has 0 saturated heterocycles. The lowest BCUT2D eigenvalue weighted by atomic mass is 10.1. The van der Waals surface area contributed by atoms with Gasteiger partial charge in [0.25, 0.3) is 0 Å². The number of hydrogen-bond acceptors (Lipinski definition) is 4. The van der Waals surface area contributed by atoms with Crippen LogP contribution in [0.25, 0.3) is 0 Å². The van der Waals surface area contributed by atoms with Crippen LogP contribution in [0.4, 0.5) is 5.69 Å². The van der Waals surface area contributed by atoms with Gasteiger partial charge in [-0.1, -0.05) is 48.0 Å². The van der Waals surface area contributed by atoms with E-state index in [1.165, 1.54) is 12.1 Å². The number of rotatable bonds is 9. The summed E-state index contributed by atoms with van der Waals surface area (Å²) in [6.07, 6.45) is 0.182. The summed E-state index contributed by atoms with van der Waals surface area (Å²) in [4.78, 5) is 13.2. The summed E-state index contributed by atoms with van der Waals surface area (Å²) in [7, 11) is -3.98. The Morgan fingerprint density at radius 3 is 2.36 bits per heavy atom. The quantitative estimate of drug-likeness (QED) is 0.451. The van der Waals surface area contributed by atoms with Crippen molar-refractivity contribution in [2.24, 2.45) is 0 Å². The van der Waals surface area contributed by atoms with Crippen molar-refractivity contribution in [2.75, 3.05) is 11.9 Å². The first-order valence-electron chi connectivity index (χ1n) is 10.6. The molecule has 0 aliphatic rings. The molecule has 0 heterocycles. The van der Waals surface area contributed by atoms with Crippen molar-refractivity contribution in [3.05, 3.63) is 88.4 Å². The lowest BCUT2D eigenvalue weighted by Crippen LogP contribution is -2.45. The van der Waals surface area contributed by atoms with E-state index in [2.05, 4.69) is 10.0 Å². The number of aryl methyl sites for hydroxylation is 2. The van der Waals surface area contributed by atoms with Crippen LogP contribution < -0.4 is 14.8 Å². The van der Waals surface area contributed by atoms with E-state index < -0.39 is 22.0 Å². The maximum atomic E-state index is 13.2. The molecule has 0 aliphatic carbocycles. The summed E-state index contributed by atoms with van der Waals surface area (Å²) < 4.78 is 34.4. The van der Waals surface area contributed by atoms with E-state index in [0.29, 0.717) is 28.6 Å². The van der Waals surface area contributed by atoms with E-state index in [0.717, 1.165) is 11.1 Å². The van der Waals surface area contributed by atoms with Crippen LogP contribution in [0.1, 0.15) is 23.6 Å². The number of benzene rings is 3. The smallest absolute Gasteiger partial charge is 0.242 e. The van der Waals surface area contributed by atoms with Crippen LogP contribution in [0.3, 0.4) is 0 Å². The van der Waals surface area contributed by atoms with Gasteiger partial charge in [0.05, 0.1) is 11.5 Å². The normalized spacial score (nSPS) is 12.2. The van der Waals surface area contributed by atoms with Crippen LogP contribution in [0.2, 0.25) is 5.02 Å². The van der Waals surface area contributed by atoms with Crippen molar-refractivity contribution in [1.82, 2.24) is 4.72 Å². The van der Waals surface area contributed by atoms with Crippen LogP contribution in [0.5, 0.6) is 5.75 Å². The van der Waals surface area contributed by atoms with Gasteiger partial charge in [0, 0.05) is 10.7 Å². The molecule has 33 heavy (non-hydrogen) atoms. The van der Waals surface area contributed by atoms with Gasteiger partial charge in [0.1, 0.15) is 11.8 Å². The highest BCUT2D eigenvalue weighted by atomic mass is 35.5. The number of carbonyl (C=O) groups is 1. The predicted molar refractivity (Wildman–Crippen MR) is 131 cm³/mol. The van der Waals surface area contributed by atoms with Crippen molar-refractivity contribution in [1.29, 1.82) is 0 Å². The van der Waals surface area contributed by atoms with Gasteiger partial charge in [-0.05, 0) is 74.2 Å². The molecule has 0 aliphatic heterocycles. The van der Waals surface area contributed by atoms with Gasteiger partial charge in [0.2, 0.25) is 15.9 Å². The fourth-order valence-electron chi connectivity index (χ4n) is 3.30. The van der Waals surface area contributed by atoms with Crippen molar-refractivity contribution >= 4 is 33.2 Å². The first kappa shape index (κ1) is 24.8. The molecule has 0 spiro atoms. The number of sulfonamides is 1. The molecule has 0 unspecified atom stereocenters. The average Bonchev–Trinajstić information content (AvgIpc) is 2.78. The Labute approximate surface area is 200 Å². The molecule has 3 aromatic rings. The Balaban J connectivity index is 1.87. The summed E-state index contributed by atoms with van der Waals surface area (Å²) in [5, 5.41) is 3.28. The summed E-state index contributed by atoms with van der Waals surface area (Å²) in [5.74, 6) is 0.135. The lowest BCUT2D eigenvalue weighted by molar-refractivity contribution is -0.117. The minimum atomic E-state index is -3.98. The van der Waals surface area contributed by atoms with Gasteiger partial charge < -0.3 is 10.1 Å². The zero-order chi connectivity index (χ0) is 24.0. The van der Waals surface area contributed by atoms with E-state index in [-0.39, 0.29) is 11.3 Å². The number of amides is 1. The van der Waals surface area contributed by atoms with E-state index in [9.17, 15) is 13.2 Å². The Hall–Kier alpha value is -2.87. The highest BCUT2D eigenvalue weighted by Crippen LogP contribution is 2.23. The first-order chi connectivity index (χ1) is 15.7. The molecular weight excluding hydrogens is 460 g/mol. The minimum absolute atomic E-state index is 0.0627. The number of nitrogens with one attached hydrogen (secondary N) is 2.